The van der Waals surface area contributed by atoms with E-state index in [2.05, 4.69) is 19.2 Å². The van der Waals surface area contributed by atoms with Gasteiger partial charge in [-0.25, -0.2) is 0 Å². The number of carbonyl (C=O) groups excluding carboxylic acids is 1. The number of hydrogen-bond donors (Lipinski definition) is 2. The zero-order valence-corrected chi connectivity index (χ0v) is 11.9. The average molecular weight is 260 g/mol. The van der Waals surface area contributed by atoms with E-state index >= 15 is 0 Å². The van der Waals surface area contributed by atoms with Crippen molar-refractivity contribution in [3.63, 3.8) is 0 Å². The van der Waals surface area contributed by atoms with E-state index in [1.807, 2.05) is 24.3 Å². The molecule has 0 aromatic heterocycles. The van der Waals surface area contributed by atoms with Gasteiger partial charge in [0.15, 0.2) is 0 Å². The van der Waals surface area contributed by atoms with Crippen molar-refractivity contribution in [2.45, 2.75) is 52.0 Å². The lowest BCUT2D eigenvalue weighted by Gasteiger charge is -2.27. The Morgan fingerprint density at radius 2 is 2.05 bits per heavy atom. The molecule has 1 unspecified atom stereocenters. The fraction of sp³-hybridized carbons (Fsp3) is 0.562. The minimum Gasteiger partial charge on any atom is -0.399 e. The van der Waals surface area contributed by atoms with Crippen LogP contribution in [0.25, 0.3) is 0 Å². The molecular weight excluding hydrogens is 236 g/mol. The van der Waals surface area contributed by atoms with Crippen molar-refractivity contribution in [1.29, 1.82) is 0 Å². The van der Waals surface area contributed by atoms with E-state index in [4.69, 9.17) is 5.73 Å². The van der Waals surface area contributed by atoms with Gasteiger partial charge in [-0.05, 0) is 42.4 Å². The predicted octanol–water partition coefficient (Wildman–Crippen LogP) is 2.90. The molecule has 2 rings (SSSR count). The molecule has 1 aromatic carbocycles. The Hall–Kier alpha value is -1.51. The molecule has 104 valence electrons. The summed E-state index contributed by atoms with van der Waals surface area (Å²) in [6, 6.07) is 8.08. The number of anilines is 1. The molecular formula is C16H24N2O. The van der Waals surface area contributed by atoms with E-state index in [-0.39, 0.29) is 11.3 Å². The zero-order valence-electron chi connectivity index (χ0n) is 11.9. The smallest absolute Gasteiger partial charge is 0.220 e. The van der Waals surface area contributed by atoms with Gasteiger partial charge in [0, 0.05) is 18.2 Å². The molecule has 0 radical (unpaired) electrons. The van der Waals surface area contributed by atoms with E-state index in [0.717, 1.165) is 24.1 Å². The lowest BCUT2D eigenvalue weighted by atomic mass is 9.87. The summed E-state index contributed by atoms with van der Waals surface area (Å²) in [7, 11) is 0. The van der Waals surface area contributed by atoms with Crippen LogP contribution in [0.1, 0.15) is 45.1 Å². The second-order valence-corrected chi connectivity index (χ2v) is 6.24. The standard InChI is InChI=1S/C16H24N2O/c1-16(2)11-3-4-14(16)18-15(19)10-7-12-5-8-13(17)9-6-12/h5-6,8-9,14H,3-4,7,10-11,17H2,1-2H3,(H,18,19). The van der Waals surface area contributed by atoms with Crippen molar-refractivity contribution in [3.8, 4) is 0 Å². The molecule has 1 atom stereocenters. The highest BCUT2D eigenvalue weighted by Crippen LogP contribution is 2.37. The molecule has 1 fully saturated rings. The first-order valence-electron chi connectivity index (χ1n) is 7.11. The van der Waals surface area contributed by atoms with Gasteiger partial charge in [-0.3, -0.25) is 4.79 Å². The molecule has 0 saturated heterocycles. The molecule has 3 N–H and O–H groups in total. The number of hydrogen-bond acceptors (Lipinski definition) is 2. The Labute approximate surface area is 115 Å². The quantitative estimate of drug-likeness (QED) is 0.818. The first-order chi connectivity index (χ1) is 8.97. The number of amides is 1. The maximum Gasteiger partial charge on any atom is 0.220 e. The van der Waals surface area contributed by atoms with Crippen LogP contribution in [0.2, 0.25) is 0 Å². The second-order valence-electron chi connectivity index (χ2n) is 6.24. The summed E-state index contributed by atoms with van der Waals surface area (Å²) >= 11 is 0. The third-order valence-corrected chi connectivity index (χ3v) is 4.21. The van der Waals surface area contributed by atoms with E-state index in [0.29, 0.717) is 12.5 Å². The number of carbonyl (C=O) groups is 1. The first kappa shape index (κ1) is 13.9. The third-order valence-electron chi connectivity index (χ3n) is 4.21. The van der Waals surface area contributed by atoms with Crippen LogP contribution in [0.4, 0.5) is 5.69 Å². The van der Waals surface area contributed by atoms with E-state index < -0.39 is 0 Å². The van der Waals surface area contributed by atoms with Crippen molar-refractivity contribution in [1.82, 2.24) is 5.32 Å². The summed E-state index contributed by atoms with van der Waals surface area (Å²) in [5.74, 6) is 0.164. The van der Waals surface area contributed by atoms with Gasteiger partial charge >= 0.3 is 0 Å². The Bertz CT molecular complexity index is 437. The van der Waals surface area contributed by atoms with Crippen LogP contribution in [0.15, 0.2) is 24.3 Å². The van der Waals surface area contributed by atoms with Gasteiger partial charge in [-0.2, -0.15) is 0 Å². The molecule has 3 heteroatoms. The van der Waals surface area contributed by atoms with Crippen molar-refractivity contribution in [3.05, 3.63) is 29.8 Å². The third kappa shape index (κ3) is 3.72. The highest BCUT2D eigenvalue weighted by atomic mass is 16.1. The van der Waals surface area contributed by atoms with Gasteiger partial charge in [0.05, 0.1) is 0 Å². The highest BCUT2D eigenvalue weighted by Gasteiger charge is 2.35. The predicted molar refractivity (Wildman–Crippen MR) is 78.7 cm³/mol. The van der Waals surface area contributed by atoms with Crippen LogP contribution < -0.4 is 11.1 Å². The van der Waals surface area contributed by atoms with Gasteiger partial charge in [-0.15, -0.1) is 0 Å². The lowest BCUT2D eigenvalue weighted by Crippen LogP contribution is -2.41. The molecule has 0 bridgehead atoms. The zero-order chi connectivity index (χ0) is 13.9. The Balaban J connectivity index is 1.80. The van der Waals surface area contributed by atoms with Crippen molar-refractivity contribution < 1.29 is 4.79 Å². The maximum atomic E-state index is 12.0. The molecule has 1 saturated carbocycles. The van der Waals surface area contributed by atoms with E-state index in [1.54, 1.807) is 0 Å². The van der Waals surface area contributed by atoms with Crippen molar-refractivity contribution in [2.24, 2.45) is 5.41 Å². The molecule has 1 amide bonds. The molecule has 0 aliphatic heterocycles. The summed E-state index contributed by atoms with van der Waals surface area (Å²) < 4.78 is 0. The average Bonchev–Trinajstić information content (AvgIpc) is 2.68. The molecule has 1 aromatic rings. The summed E-state index contributed by atoms with van der Waals surface area (Å²) in [6.45, 7) is 4.48. The molecule has 0 spiro atoms. The topological polar surface area (TPSA) is 55.1 Å². The minimum absolute atomic E-state index is 0.164. The highest BCUT2D eigenvalue weighted by molar-refractivity contribution is 5.76. The second kappa shape index (κ2) is 5.64. The first-order valence-corrected chi connectivity index (χ1v) is 7.11. The molecule has 1 aliphatic rings. The Kier molecular flexibility index (Phi) is 4.13. The van der Waals surface area contributed by atoms with E-state index in [9.17, 15) is 4.79 Å². The van der Waals surface area contributed by atoms with Crippen LogP contribution in [0.3, 0.4) is 0 Å². The SMILES string of the molecule is CC1(C)CCCC1NC(=O)CCc1ccc(N)cc1. The number of nitrogens with two attached hydrogens (primary N) is 1. The fourth-order valence-corrected chi connectivity index (χ4v) is 2.80. The van der Waals surface area contributed by atoms with Crippen LogP contribution in [-0.4, -0.2) is 11.9 Å². The summed E-state index contributed by atoms with van der Waals surface area (Å²) in [5.41, 5.74) is 7.82. The molecule has 0 heterocycles. The summed E-state index contributed by atoms with van der Waals surface area (Å²) in [6.07, 6.45) is 4.86. The lowest BCUT2D eigenvalue weighted by molar-refractivity contribution is -0.122. The van der Waals surface area contributed by atoms with Crippen molar-refractivity contribution in [2.75, 3.05) is 5.73 Å². The Morgan fingerprint density at radius 1 is 1.37 bits per heavy atom. The number of benzene rings is 1. The van der Waals surface area contributed by atoms with E-state index in [1.165, 1.54) is 12.8 Å². The number of aryl methyl sites for hydroxylation is 1. The minimum atomic E-state index is 0.164. The number of rotatable bonds is 4. The Morgan fingerprint density at radius 3 is 2.63 bits per heavy atom. The van der Waals surface area contributed by atoms with Gasteiger partial charge < -0.3 is 11.1 Å². The van der Waals surface area contributed by atoms with Gasteiger partial charge in [0.25, 0.3) is 0 Å². The normalized spacial score (nSPS) is 21.3. The largest absolute Gasteiger partial charge is 0.399 e. The molecule has 19 heavy (non-hydrogen) atoms. The fourth-order valence-electron chi connectivity index (χ4n) is 2.80. The van der Waals surface area contributed by atoms with Crippen LogP contribution in [-0.2, 0) is 11.2 Å². The molecule has 3 nitrogen and oxygen atoms in total. The van der Waals surface area contributed by atoms with Crippen LogP contribution in [0, 0.1) is 5.41 Å². The maximum absolute atomic E-state index is 12.0. The number of nitrogen functional groups attached to an aromatic ring is 1. The van der Waals surface area contributed by atoms with Crippen LogP contribution >= 0.6 is 0 Å². The van der Waals surface area contributed by atoms with Gasteiger partial charge in [0.1, 0.15) is 0 Å². The molecule has 1 aliphatic carbocycles. The van der Waals surface area contributed by atoms with Crippen LogP contribution in [0.5, 0.6) is 0 Å². The summed E-state index contributed by atoms with van der Waals surface area (Å²) in [5, 5.41) is 3.19. The van der Waals surface area contributed by atoms with Crippen molar-refractivity contribution >= 4 is 11.6 Å². The summed E-state index contributed by atoms with van der Waals surface area (Å²) in [4.78, 5) is 12.0. The van der Waals surface area contributed by atoms with Gasteiger partial charge in [-0.1, -0.05) is 32.4 Å². The number of nitrogens with one attached hydrogen (secondary N) is 1. The van der Waals surface area contributed by atoms with Gasteiger partial charge in [0.2, 0.25) is 5.91 Å². The monoisotopic (exact) mass is 260 g/mol.